The molecule has 2 heterocycles. The van der Waals surface area contributed by atoms with E-state index in [2.05, 4.69) is 32.3 Å². The molecule has 2 aromatic rings. The molecule has 3 rings (SSSR count). The van der Waals surface area contributed by atoms with E-state index in [9.17, 15) is 4.79 Å². The quantitative estimate of drug-likeness (QED) is 0.933. The number of carbonyl (C=O) groups is 1. The standard InChI is InChI=1S/C18H22N4O2/c1-13-11-22(12-16(24-13)15-7-4-3-5-8-15)14(2)17(23)21-18-19-9-6-10-20-18/h3-10,13-14,16H,11-12H2,1-2H3,(H,19,20,21,23)/t13-,14+,16-/m1/s1. The van der Waals surface area contributed by atoms with Crippen molar-refractivity contribution in [3.8, 4) is 0 Å². The Morgan fingerprint density at radius 3 is 2.62 bits per heavy atom. The van der Waals surface area contributed by atoms with Gasteiger partial charge < -0.3 is 4.74 Å². The van der Waals surface area contributed by atoms with Crippen LogP contribution < -0.4 is 5.32 Å². The number of anilines is 1. The first kappa shape index (κ1) is 16.5. The molecule has 1 amide bonds. The summed E-state index contributed by atoms with van der Waals surface area (Å²) in [5.74, 6) is 0.220. The van der Waals surface area contributed by atoms with Gasteiger partial charge in [0, 0.05) is 25.5 Å². The molecule has 1 aliphatic rings. The number of nitrogens with one attached hydrogen (secondary N) is 1. The Morgan fingerprint density at radius 2 is 1.92 bits per heavy atom. The zero-order valence-electron chi connectivity index (χ0n) is 13.9. The van der Waals surface area contributed by atoms with Crippen molar-refractivity contribution in [3.05, 3.63) is 54.4 Å². The molecule has 0 bridgehead atoms. The lowest BCUT2D eigenvalue weighted by Crippen LogP contribution is -2.51. The Hall–Kier alpha value is -2.31. The molecule has 1 N–H and O–H groups in total. The predicted octanol–water partition coefficient (Wildman–Crippen LogP) is 2.27. The fourth-order valence-electron chi connectivity index (χ4n) is 2.90. The van der Waals surface area contributed by atoms with E-state index in [-0.39, 0.29) is 24.2 Å². The second-order valence-corrected chi connectivity index (χ2v) is 6.04. The largest absolute Gasteiger partial charge is 0.368 e. The molecule has 6 heteroatoms. The first-order chi connectivity index (χ1) is 11.6. The molecule has 0 radical (unpaired) electrons. The third-order valence-electron chi connectivity index (χ3n) is 4.19. The van der Waals surface area contributed by atoms with Crippen LogP contribution >= 0.6 is 0 Å². The van der Waals surface area contributed by atoms with Gasteiger partial charge in [0.1, 0.15) is 0 Å². The minimum atomic E-state index is -0.286. The summed E-state index contributed by atoms with van der Waals surface area (Å²) in [5.41, 5.74) is 1.13. The third kappa shape index (κ3) is 3.96. The summed E-state index contributed by atoms with van der Waals surface area (Å²) in [5, 5.41) is 2.76. The van der Waals surface area contributed by atoms with Crippen molar-refractivity contribution in [1.82, 2.24) is 14.9 Å². The van der Waals surface area contributed by atoms with E-state index in [1.807, 2.05) is 32.0 Å². The van der Waals surface area contributed by atoms with Crippen molar-refractivity contribution in [2.45, 2.75) is 32.1 Å². The minimum Gasteiger partial charge on any atom is -0.368 e. The van der Waals surface area contributed by atoms with Gasteiger partial charge in [-0.05, 0) is 25.5 Å². The number of hydrogen-bond acceptors (Lipinski definition) is 5. The predicted molar refractivity (Wildman–Crippen MR) is 91.4 cm³/mol. The number of benzene rings is 1. The second-order valence-electron chi connectivity index (χ2n) is 6.04. The molecule has 126 valence electrons. The SMILES string of the molecule is C[C@@H]1CN([C@@H](C)C(=O)Nc2ncccn2)C[C@H](c2ccccc2)O1. The monoisotopic (exact) mass is 326 g/mol. The van der Waals surface area contributed by atoms with Crippen molar-refractivity contribution in [1.29, 1.82) is 0 Å². The van der Waals surface area contributed by atoms with E-state index >= 15 is 0 Å². The van der Waals surface area contributed by atoms with Crippen molar-refractivity contribution in [3.63, 3.8) is 0 Å². The summed E-state index contributed by atoms with van der Waals surface area (Å²) in [6, 6.07) is 11.5. The highest BCUT2D eigenvalue weighted by Gasteiger charge is 2.32. The smallest absolute Gasteiger partial charge is 0.243 e. The third-order valence-corrected chi connectivity index (χ3v) is 4.19. The van der Waals surface area contributed by atoms with Gasteiger partial charge in [-0.1, -0.05) is 30.3 Å². The summed E-state index contributed by atoms with van der Waals surface area (Å²) in [4.78, 5) is 22.7. The second kappa shape index (κ2) is 7.51. The van der Waals surface area contributed by atoms with Crippen LogP contribution in [0.25, 0.3) is 0 Å². The average Bonchev–Trinajstić information content (AvgIpc) is 2.62. The fraction of sp³-hybridized carbons (Fsp3) is 0.389. The summed E-state index contributed by atoms with van der Waals surface area (Å²) in [7, 11) is 0. The van der Waals surface area contributed by atoms with Crippen LogP contribution in [0.3, 0.4) is 0 Å². The molecule has 1 aliphatic heterocycles. The maximum atomic E-state index is 12.5. The zero-order chi connectivity index (χ0) is 16.9. The number of aromatic nitrogens is 2. The van der Waals surface area contributed by atoms with Gasteiger partial charge in [0.25, 0.3) is 0 Å². The molecular weight excluding hydrogens is 304 g/mol. The lowest BCUT2D eigenvalue weighted by molar-refractivity contribution is -0.128. The van der Waals surface area contributed by atoms with Gasteiger partial charge in [0.05, 0.1) is 18.2 Å². The number of amides is 1. The number of ether oxygens (including phenoxy) is 1. The molecular formula is C18H22N4O2. The van der Waals surface area contributed by atoms with E-state index in [0.717, 1.165) is 5.56 Å². The molecule has 1 fully saturated rings. The Balaban J connectivity index is 1.67. The van der Waals surface area contributed by atoms with Crippen LogP contribution in [0.15, 0.2) is 48.8 Å². The minimum absolute atomic E-state index is 0.0295. The van der Waals surface area contributed by atoms with E-state index in [4.69, 9.17) is 4.74 Å². The number of hydrogen-bond donors (Lipinski definition) is 1. The van der Waals surface area contributed by atoms with Gasteiger partial charge in [-0.2, -0.15) is 0 Å². The van der Waals surface area contributed by atoms with Crippen LogP contribution in [-0.4, -0.2) is 46.0 Å². The van der Waals surface area contributed by atoms with E-state index in [1.165, 1.54) is 0 Å². The zero-order valence-corrected chi connectivity index (χ0v) is 13.9. The van der Waals surface area contributed by atoms with Crippen LogP contribution in [0.2, 0.25) is 0 Å². The molecule has 3 atom stereocenters. The Kier molecular flexibility index (Phi) is 5.17. The van der Waals surface area contributed by atoms with Crippen LogP contribution in [0.5, 0.6) is 0 Å². The number of morpholine rings is 1. The molecule has 0 aliphatic carbocycles. The summed E-state index contributed by atoms with van der Waals surface area (Å²) in [6.45, 7) is 5.33. The molecule has 0 saturated carbocycles. The Labute approximate surface area is 141 Å². The van der Waals surface area contributed by atoms with Crippen molar-refractivity contribution in [2.24, 2.45) is 0 Å². The molecule has 1 aromatic heterocycles. The maximum Gasteiger partial charge on any atom is 0.243 e. The Morgan fingerprint density at radius 1 is 1.21 bits per heavy atom. The van der Waals surface area contributed by atoms with Crippen LogP contribution in [0.4, 0.5) is 5.95 Å². The fourth-order valence-corrected chi connectivity index (χ4v) is 2.90. The molecule has 0 spiro atoms. The molecule has 1 saturated heterocycles. The van der Waals surface area contributed by atoms with Crippen molar-refractivity contribution >= 4 is 11.9 Å². The highest BCUT2D eigenvalue weighted by molar-refractivity contribution is 5.93. The van der Waals surface area contributed by atoms with Gasteiger partial charge >= 0.3 is 0 Å². The van der Waals surface area contributed by atoms with Gasteiger partial charge in [-0.15, -0.1) is 0 Å². The van der Waals surface area contributed by atoms with Crippen molar-refractivity contribution < 1.29 is 9.53 Å². The van der Waals surface area contributed by atoms with Gasteiger partial charge in [0.15, 0.2) is 0 Å². The topological polar surface area (TPSA) is 67.4 Å². The Bertz CT molecular complexity index is 665. The average molecular weight is 326 g/mol. The van der Waals surface area contributed by atoms with Gasteiger partial charge in [-0.3, -0.25) is 15.0 Å². The lowest BCUT2D eigenvalue weighted by atomic mass is 10.1. The molecule has 24 heavy (non-hydrogen) atoms. The highest BCUT2D eigenvalue weighted by Crippen LogP contribution is 2.26. The summed E-state index contributed by atoms with van der Waals surface area (Å²) >= 11 is 0. The molecule has 0 unspecified atom stereocenters. The van der Waals surface area contributed by atoms with Crippen LogP contribution in [0.1, 0.15) is 25.5 Å². The van der Waals surface area contributed by atoms with Gasteiger partial charge in [-0.25, -0.2) is 9.97 Å². The van der Waals surface area contributed by atoms with E-state index in [0.29, 0.717) is 19.0 Å². The van der Waals surface area contributed by atoms with E-state index < -0.39 is 0 Å². The first-order valence-corrected chi connectivity index (χ1v) is 8.16. The van der Waals surface area contributed by atoms with Gasteiger partial charge in [0.2, 0.25) is 11.9 Å². The highest BCUT2D eigenvalue weighted by atomic mass is 16.5. The lowest BCUT2D eigenvalue weighted by Gasteiger charge is -2.39. The molecule has 1 aromatic carbocycles. The number of carbonyl (C=O) groups excluding carboxylic acids is 1. The normalized spacial score (nSPS) is 22.8. The number of rotatable bonds is 4. The summed E-state index contributed by atoms with van der Waals surface area (Å²) < 4.78 is 6.05. The summed E-state index contributed by atoms with van der Waals surface area (Å²) in [6.07, 6.45) is 3.25. The van der Waals surface area contributed by atoms with Crippen LogP contribution in [-0.2, 0) is 9.53 Å². The van der Waals surface area contributed by atoms with E-state index in [1.54, 1.807) is 18.5 Å². The maximum absolute atomic E-state index is 12.5. The molecule has 6 nitrogen and oxygen atoms in total. The first-order valence-electron chi connectivity index (χ1n) is 8.16. The number of nitrogens with zero attached hydrogens (tertiary/aromatic N) is 3. The van der Waals surface area contributed by atoms with Crippen molar-refractivity contribution in [2.75, 3.05) is 18.4 Å². The van der Waals surface area contributed by atoms with Crippen LogP contribution in [0, 0.1) is 0 Å².